The van der Waals surface area contributed by atoms with Gasteiger partial charge in [-0.2, -0.15) is 0 Å². The highest BCUT2D eigenvalue weighted by Crippen LogP contribution is 2.41. The van der Waals surface area contributed by atoms with E-state index in [1.807, 2.05) is 0 Å². The van der Waals surface area contributed by atoms with E-state index in [2.05, 4.69) is 10.6 Å². The number of carbonyl (C=O) groups excluding carboxylic acids is 1. The fourth-order valence-electron chi connectivity index (χ4n) is 2.03. The lowest BCUT2D eigenvalue weighted by Gasteiger charge is -2.32. The van der Waals surface area contributed by atoms with Crippen LogP contribution in [-0.2, 0) is 14.5 Å². The summed E-state index contributed by atoms with van der Waals surface area (Å²) < 4.78 is 33.5. The third-order valence-electron chi connectivity index (χ3n) is 2.89. The summed E-state index contributed by atoms with van der Waals surface area (Å²) >= 11 is 0.716. The Labute approximate surface area is 141 Å². The van der Waals surface area contributed by atoms with Gasteiger partial charge in [0.15, 0.2) is 4.99 Å². The Kier molecular flexibility index (Phi) is 4.75. The molecule has 1 amide bonds. The SMILES string of the molecule is CC(C)(C)OC(=O)NC1(c2c(F)cccc2F)NC(C(=O)O)=CS1. The second-order valence-corrected chi connectivity index (χ2v) is 7.07. The van der Waals surface area contributed by atoms with E-state index in [1.165, 1.54) is 6.07 Å². The molecule has 1 atom stereocenters. The zero-order valence-corrected chi connectivity index (χ0v) is 14.0. The zero-order valence-electron chi connectivity index (χ0n) is 13.1. The van der Waals surface area contributed by atoms with E-state index < -0.39 is 39.9 Å². The van der Waals surface area contributed by atoms with Crippen molar-refractivity contribution >= 4 is 23.8 Å². The topological polar surface area (TPSA) is 87.7 Å². The standard InChI is InChI=1S/C15H16F2N2O4S/c1-14(2,3)23-13(22)19-15(18-10(7-24-15)12(20)21)11-8(16)5-4-6-9(11)17/h4-7,18H,1-3H3,(H,19,22)(H,20,21). The normalized spacial score (nSPS) is 20.1. The van der Waals surface area contributed by atoms with Gasteiger partial charge in [0.2, 0.25) is 0 Å². The van der Waals surface area contributed by atoms with E-state index >= 15 is 0 Å². The third-order valence-corrected chi connectivity index (χ3v) is 4.00. The molecule has 0 saturated heterocycles. The number of hydrogen-bond acceptors (Lipinski definition) is 5. The summed E-state index contributed by atoms with van der Waals surface area (Å²) in [7, 11) is 0. The van der Waals surface area contributed by atoms with E-state index in [0.29, 0.717) is 11.8 Å². The zero-order chi connectivity index (χ0) is 18.1. The number of halogens is 2. The first-order valence-electron chi connectivity index (χ1n) is 6.89. The number of carboxylic acid groups (broad SMARTS) is 1. The van der Waals surface area contributed by atoms with Gasteiger partial charge >= 0.3 is 12.1 Å². The summed E-state index contributed by atoms with van der Waals surface area (Å²) in [5.41, 5.74) is -1.67. The summed E-state index contributed by atoms with van der Waals surface area (Å²) in [6.07, 6.45) is -0.954. The van der Waals surface area contributed by atoms with Crippen LogP contribution in [0.1, 0.15) is 26.3 Å². The predicted molar refractivity (Wildman–Crippen MR) is 83.9 cm³/mol. The van der Waals surface area contributed by atoms with Crippen LogP contribution in [0.4, 0.5) is 13.6 Å². The molecule has 1 aromatic carbocycles. The average Bonchev–Trinajstić information content (AvgIpc) is 2.81. The van der Waals surface area contributed by atoms with Crippen molar-refractivity contribution in [2.75, 3.05) is 0 Å². The molecule has 0 spiro atoms. The lowest BCUT2D eigenvalue weighted by Crippen LogP contribution is -2.53. The van der Waals surface area contributed by atoms with Crippen LogP contribution >= 0.6 is 11.8 Å². The monoisotopic (exact) mass is 358 g/mol. The number of benzene rings is 1. The number of alkyl carbamates (subject to hydrolysis) is 1. The maximum absolute atomic E-state index is 14.2. The largest absolute Gasteiger partial charge is 0.477 e. The van der Waals surface area contributed by atoms with E-state index in [1.54, 1.807) is 20.8 Å². The summed E-state index contributed by atoms with van der Waals surface area (Å²) in [4.78, 5) is 21.4. The number of thioether (sulfide) groups is 1. The van der Waals surface area contributed by atoms with Crippen LogP contribution in [0.25, 0.3) is 0 Å². The molecule has 6 nitrogen and oxygen atoms in total. The van der Waals surface area contributed by atoms with Crippen LogP contribution in [0.3, 0.4) is 0 Å². The van der Waals surface area contributed by atoms with E-state index in [0.717, 1.165) is 17.5 Å². The first kappa shape index (κ1) is 18.1. The molecule has 1 unspecified atom stereocenters. The fourth-order valence-corrected chi connectivity index (χ4v) is 3.10. The van der Waals surface area contributed by atoms with Crippen LogP contribution in [0.2, 0.25) is 0 Å². The Balaban J connectivity index is 2.41. The van der Waals surface area contributed by atoms with Crippen molar-refractivity contribution in [2.45, 2.75) is 31.4 Å². The summed E-state index contributed by atoms with van der Waals surface area (Å²) in [6.45, 7) is 4.87. The molecule has 130 valence electrons. The van der Waals surface area contributed by atoms with Gasteiger partial charge in [-0.1, -0.05) is 17.8 Å². The Morgan fingerprint density at radius 1 is 1.29 bits per heavy atom. The van der Waals surface area contributed by atoms with Crippen molar-refractivity contribution in [3.63, 3.8) is 0 Å². The molecule has 0 bridgehead atoms. The van der Waals surface area contributed by atoms with Gasteiger partial charge in [0, 0.05) is 5.41 Å². The number of carbonyl (C=O) groups is 2. The molecule has 1 heterocycles. The molecule has 1 aliphatic heterocycles. The molecule has 0 aromatic heterocycles. The molecule has 3 N–H and O–H groups in total. The van der Waals surface area contributed by atoms with Gasteiger partial charge in [-0.15, -0.1) is 0 Å². The van der Waals surface area contributed by atoms with Crippen molar-refractivity contribution in [1.82, 2.24) is 10.6 Å². The Hall–Kier alpha value is -2.29. The average molecular weight is 358 g/mol. The maximum Gasteiger partial charge on any atom is 0.410 e. The first-order chi connectivity index (χ1) is 11.0. The van der Waals surface area contributed by atoms with Gasteiger partial charge in [0.05, 0.1) is 5.56 Å². The minimum absolute atomic E-state index is 0.307. The second-order valence-electron chi connectivity index (χ2n) is 5.98. The van der Waals surface area contributed by atoms with Gasteiger partial charge in [-0.3, -0.25) is 5.32 Å². The van der Waals surface area contributed by atoms with E-state index in [9.17, 15) is 18.4 Å². The van der Waals surface area contributed by atoms with E-state index in [-0.39, 0.29) is 5.70 Å². The minimum atomic E-state index is -1.87. The van der Waals surface area contributed by atoms with E-state index in [4.69, 9.17) is 9.84 Å². The van der Waals surface area contributed by atoms with Crippen LogP contribution in [0.5, 0.6) is 0 Å². The predicted octanol–water partition coefficient (Wildman–Crippen LogP) is 2.86. The number of ether oxygens (including phenoxy) is 1. The Bertz CT molecular complexity index is 698. The second kappa shape index (κ2) is 6.31. The van der Waals surface area contributed by atoms with Crippen molar-refractivity contribution in [3.8, 4) is 0 Å². The number of carboxylic acids is 1. The molecular weight excluding hydrogens is 342 g/mol. The van der Waals surface area contributed by atoms with Crippen molar-refractivity contribution in [3.05, 3.63) is 46.5 Å². The maximum atomic E-state index is 14.2. The number of rotatable bonds is 3. The Morgan fingerprint density at radius 3 is 2.33 bits per heavy atom. The number of hydrogen-bond donors (Lipinski definition) is 3. The molecule has 9 heteroatoms. The minimum Gasteiger partial charge on any atom is -0.477 e. The highest BCUT2D eigenvalue weighted by atomic mass is 32.2. The highest BCUT2D eigenvalue weighted by molar-refractivity contribution is 8.03. The van der Waals surface area contributed by atoms with Crippen LogP contribution < -0.4 is 10.6 Å². The molecule has 0 aliphatic carbocycles. The molecule has 0 saturated carbocycles. The summed E-state index contributed by atoms with van der Waals surface area (Å²) in [5, 5.41) is 15.0. The molecule has 2 rings (SSSR count). The molecule has 0 radical (unpaired) electrons. The van der Waals surface area contributed by atoms with Crippen LogP contribution in [0.15, 0.2) is 29.3 Å². The smallest absolute Gasteiger partial charge is 0.410 e. The lowest BCUT2D eigenvalue weighted by atomic mass is 10.1. The third kappa shape index (κ3) is 3.78. The molecule has 24 heavy (non-hydrogen) atoms. The van der Waals surface area contributed by atoms with Crippen LogP contribution in [-0.4, -0.2) is 22.8 Å². The van der Waals surface area contributed by atoms with Gasteiger partial charge in [0.1, 0.15) is 22.9 Å². The van der Waals surface area contributed by atoms with Crippen molar-refractivity contribution in [1.29, 1.82) is 0 Å². The highest BCUT2D eigenvalue weighted by Gasteiger charge is 2.45. The lowest BCUT2D eigenvalue weighted by molar-refractivity contribution is -0.133. The van der Waals surface area contributed by atoms with Gasteiger partial charge in [-0.05, 0) is 32.9 Å². The first-order valence-corrected chi connectivity index (χ1v) is 7.77. The van der Waals surface area contributed by atoms with Crippen LogP contribution in [0, 0.1) is 11.6 Å². The summed E-state index contributed by atoms with van der Waals surface area (Å²) in [5.74, 6) is -3.20. The molecule has 0 fully saturated rings. The van der Waals surface area contributed by atoms with Gasteiger partial charge in [0.25, 0.3) is 0 Å². The fraction of sp³-hybridized carbons (Fsp3) is 0.333. The molecular formula is C15H16F2N2O4S. The molecule has 1 aromatic rings. The number of amides is 1. The van der Waals surface area contributed by atoms with Crippen molar-refractivity contribution in [2.24, 2.45) is 0 Å². The van der Waals surface area contributed by atoms with Crippen molar-refractivity contribution < 1.29 is 28.2 Å². The number of aliphatic carboxylic acids is 1. The quantitative estimate of drug-likeness (QED) is 0.770. The molecule has 1 aliphatic rings. The Morgan fingerprint density at radius 2 is 1.88 bits per heavy atom. The van der Waals surface area contributed by atoms with Gasteiger partial charge < -0.3 is 15.2 Å². The number of nitrogens with one attached hydrogen (secondary N) is 2. The van der Waals surface area contributed by atoms with Gasteiger partial charge in [-0.25, -0.2) is 18.4 Å². The summed E-state index contributed by atoms with van der Waals surface area (Å²) in [6, 6.07) is 3.19.